The van der Waals surface area contributed by atoms with Crippen molar-refractivity contribution in [3.8, 4) is 0 Å². The lowest BCUT2D eigenvalue weighted by Gasteiger charge is -2.24. The Balaban J connectivity index is 2.89. The lowest BCUT2D eigenvalue weighted by atomic mass is 9.94. The van der Waals surface area contributed by atoms with Gasteiger partial charge in [-0.25, -0.2) is 0 Å². The maximum atomic E-state index is 11.4. The van der Waals surface area contributed by atoms with E-state index in [0.717, 1.165) is 24.6 Å². The molecule has 0 heterocycles. The van der Waals surface area contributed by atoms with E-state index in [1.54, 1.807) is 7.05 Å². The number of nitrogens with one attached hydrogen (secondary N) is 1. The number of hydrogen-bond donors (Lipinski definition) is 1. The molecular weight excluding hydrogens is 304 g/mol. The molecule has 5 nitrogen and oxygen atoms in total. The van der Waals surface area contributed by atoms with Gasteiger partial charge in [-0.2, -0.15) is 0 Å². The third kappa shape index (κ3) is 5.57. The summed E-state index contributed by atoms with van der Waals surface area (Å²) in [6, 6.07) is 5.53. The summed E-state index contributed by atoms with van der Waals surface area (Å²) in [6.07, 6.45) is 3.50. The van der Waals surface area contributed by atoms with Crippen LogP contribution in [0, 0.1) is 0 Å². The van der Waals surface area contributed by atoms with E-state index < -0.39 is 0 Å². The van der Waals surface area contributed by atoms with Crippen molar-refractivity contribution in [3.63, 3.8) is 0 Å². The first-order valence-corrected chi connectivity index (χ1v) is 8.40. The highest BCUT2D eigenvalue weighted by Gasteiger charge is 2.17. The van der Waals surface area contributed by atoms with Crippen LogP contribution in [0.2, 0.25) is 0 Å². The van der Waals surface area contributed by atoms with Crippen molar-refractivity contribution in [1.29, 1.82) is 0 Å². The van der Waals surface area contributed by atoms with Crippen LogP contribution < -0.4 is 5.32 Å². The number of aldehydes is 2. The molecule has 1 rings (SSSR count). The number of likely N-dealkylation sites (N-methyl/N-ethyl adjacent to an activating group) is 1. The van der Waals surface area contributed by atoms with Gasteiger partial charge < -0.3 is 10.1 Å². The standard InChI is InChI=1S/C19H28N2O3/c1-5-14(2)15-6-7-16(12-22)17(10-15)11-21(4)18(13-23)8-9-19(24)20-3/h6-7,10,12-14,18H,5,8-9,11H2,1-4H3,(H,20,24). The zero-order valence-corrected chi connectivity index (χ0v) is 15.0. The highest BCUT2D eigenvalue weighted by Crippen LogP contribution is 2.22. The van der Waals surface area contributed by atoms with Crippen LogP contribution in [0.5, 0.6) is 0 Å². The molecule has 2 atom stereocenters. The highest BCUT2D eigenvalue weighted by atomic mass is 16.1. The van der Waals surface area contributed by atoms with E-state index in [2.05, 4.69) is 25.2 Å². The van der Waals surface area contributed by atoms with E-state index in [9.17, 15) is 14.4 Å². The van der Waals surface area contributed by atoms with Gasteiger partial charge in [-0.1, -0.05) is 32.0 Å². The molecule has 0 saturated carbocycles. The van der Waals surface area contributed by atoms with E-state index >= 15 is 0 Å². The molecule has 2 unspecified atom stereocenters. The van der Waals surface area contributed by atoms with Crippen LogP contribution in [0.3, 0.4) is 0 Å². The van der Waals surface area contributed by atoms with E-state index in [-0.39, 0.29) is 11.9 Å². The molecule has 1 aromatic carbocycles. The number of benzene rings is 1. The monoisotopic (exact) mass is 332 g/mol. The van der Waals surface area contributed by atoms with Gasteiger partial charge >= 0.3 is 0 Å². The Morgan fingerprint density at radius 1 is 1.33 bits per heavy atom. The van der Waals surface area contributed by atoms with Gasteiger partial charge in [0.2, 0.25) is 5.91 Å². The summed E-state index contributed by atoms with van der Waals surface area (Å²) in [5.41, 5.74) is 2.75. The number of hydrogen-bond acceptors (Lipinski definition) is 4. The summed E-state index contributed by atoms with van der Waals surface area (Å²) in [4.78, 5) is 35.9. The molecular formula is C19H28N2O3. The SMILES string of the molecule is CCC(C)c1ccc(C=O)c(CN(C)C(C=O)CCC(=O)NC)c1. The number of rotatable bonds is 10. The molecule has 132 valence electrons. The zero-order valence-electron chi connectivity index (χ0n) is 15.0. The fourth-order valence-corrected chi connectivity index (χ4v) is 2.60. The van der Waals surface area contributed by atoms with Gasteiger partial charge in [-0.05, 0) is 36.9 Å². The minimum absolute atomic E-state index is 0.0809. The smallest absolute Gasteiger partial charge is 0.219 e. The molecule has 0 aliphatic rings. The second-order valence-electron chi connectivity index (χ2n) is 6.22. The first kappa shape index (κ1) is 20.0. The van der Waals surface area contributed by atoms with E-state index in [4.69, 9.17) is 0 Å². The number of amides is 1. The number of nitrogens with zero attached hydrogens (tertiary/aromatic N) is 1. The fourth-order valence-electron chi connectivity index (χ4n) is 2.60. The Morgan fingerprint density at radius 2 is 2.04 bits per heavy atom. The van der Waals surface area contributed by atoms with Crippen LogP contribution in [-0.4, -0.2) is 43.5 Å². The lowest BCUT2D eigenvalue weighted by molar-refractivity contribution is -0.121. The van der Waals surface area contributed by atoms with Crippen LogP contribution in [0.1, 0.15) is 60.5 Å². The first-order valence-electron chi connectivity index (χ1n) is 8.40. The lowest BCUT2D eigenvalue weighted by Crippen LogP contribution is -2.34. The Morgan fingerprint density at radius 3 is 2.58 bits per heavy atom. The topological polar surface area (TPSA) is 66.5 Å². The van der Waals surface area contributed by atoms with Crippen molar-refractivity contribution in [2.24, 2.45) is 0 Å². The van der Waals surface area contributed by atoms with E-state index in [1.807, 2.05) is 24.1 Å². The Bertz CT molecular complexity index is 572. The van der Waals surface area contributed by atoms with Crippen molar-refractivity contribution in [2.45, 2.75) is 51.6 Å². The average Bonchev–Trinajstić information content (AvgIpc) is 2.61. The molecule has 0 saturated heterocycles. The molecule has 0 aliphatic heterocycles. The number of carbonyl (C=O) groups excluding carboxylic acids is 3. The summed E-state index contributed by atoms with van der Waals surface area (Å²) >= 11 is 0. The van der Waals surface area contributed by atoms with Crippen LogP contribution in [0.25, 0.3) is 0 Å². The van der Waals surface area contributed by atoms with Crippen molar-refractivity contribution in [3.05, 3.63) is 34.9 Å². The van der Waals surface area contributed by atoms with Crippen LogP contribution >= 0.6 is 0 Å². The summed E-state index contributed by atoms with van der Waals surface area (Å²) in [5.74, 6) is 0.340. The summed E-state index contributed by atoms with van der Waals surface area (Å²) < 4.78 is 0. The van der Waals surface area contributed by atoms with Gasteiger partial charge in [0.05, 0.1) is 6.04 Å². The third-order valence-electron chi connectivity index (χ3n) is 4.56. The van der Waals surface area contributed by atoms with E-state index in [1.165, 1.54) is 5.56 Å². The van der Waals surface area contributed by atoms with Gasteiger partial charge in [0.25, 0.3) is 0 Å². The van der Waals surface area contributed by atoms with Gasteiger partial charge in [0.15, 0.2) is 0 Å². The zero-order chi connectivity index (χ0) is 18.1. The second kappa shape index (κ2) is 9.98. The van der Waals surface area contributed by atoms with Gasteiger partial charge in [-0.15, -0.1) is 0 Å². The predicted molar refractivity (Wildman–Crippen MR) is 95.2 cm³/mol. The normalized spacial score (nSPS) is 13.4. The largest absolute Gasteiger partial charge is 0.359 e. The van der Waals surface area contributed by atoms with Crippen molar-refractivity contribution >= 4 is 18.5 Å². The molecule has 0 radical (unpaired) electrons. The van der Waals surface area contributed by atoms with E-state index in [0.29, 0.717) is 30.9 Å². The number of carbonyl (C=O) groups is 3. The Hall–Kier alpha value is -2.01. The predicted octanol–water partition coefficient (Wildman–Crippen LogP) is 2.54. The van der Waals surface area contributed by atoms with Crippen LogP contribution in [0.4, 0.5) is 0 Å². The minimum Gasteiger partial charge on any atom is -0.359 e. The molecule has 0 aromatic heterocycles. The molecule has 1 amide bonds. The van der Waals surface area contributed by atoms with Gasteiger partial charge in [0, 0.05) is 25.6 Å². The second-order valence-corrected chi connectivity index (χ2v) is 6.22. The summed E-state index contributed by atoms with van der Waals surface area (Å²) in [6.45, 7) is 4.78. The third-order valence-corrected chi connectivity index (χ3v) is 4.56. The minimum atomic E-state index is -0.353. The Labute approximate surface area is 144 Å². The average molecular weight is 332 g/mol. The van der Waals surface area contributed by atoms with Crippen molar-refractivity contribution in [1.82, 2.24) is 10.2 Å². The molecule has 0 aliphatic carbocycles. The Kier molecular flexibility index (Phi) is 8.33. The molecule has 0 spiro atoms. The first-order chi connectivity index (χ1) is 11.5. The summed E-state index contributed by atoms with van der Waals surface area (Å²) in [5, 5.41) is 2.56. The van der Waals surface area contributed by atoms with Crippen molar-refractivity contribution in [2.75, 3.05) is 14.1 Å². The van der Waals surface area contributed by atoms with Gasteiger partial charge in [0.1, 0.15) is 12.6 Å². The van der Waals surface area contributed by atoms with Crippen LogP contribution in [-0.2, 0) is 16.1 Å². The van der Waals surface area contributed by atoms with Crippen molar-refractivity contribution < 1.29 is 14.4 Å². The molecule has 1 aromatic rings. The molecule has 0 bridgehead atoms. The van der Waals surface area contributed by atoms with Gasteiger partial charge in [-0.3, -0.25) is 14.5 Å². The highest BCUT2D eigenvalue weighted by molar-refractivity contribution is 5.77. The maximum absolute atomic E-state index is 11.4. The quantitative estimate of drug-likeness (QED) is 0.669. The maximum Gasteiger partial charge on any atom is 0.219 e. The fraction of sp³-hybridized carbons (Fsp3) is 0.526. The molecule has 1 N–H and O–H groups in total. The van der Waals surface area contributed by atoms with Crippen LogP contribution in [0.15, 0.2) is 18.2 Å². The molecule has 24 heavy (non-hydrogen) atoms. The molecule has 0 fully saturated rings. The molecule has 5 heteroatoms. The summed E-state index contributed by atoms with van der Waals surface area (Å²) in [7, 11) is 3.42.